The number of hydrogen-bond donors (Lipinski definition) is 3. The van der Waals surface area contributed by atoms with Crippen molar-refractivity contribution in [2.75, 3.05) is 26.7 Å². The van der Waals surface area contributed by atoms with Crippen LogP contribution in [0.3, 0.4) is 0 Å². The van der Waals surface area contributed by atoms with Gasteiger partial charge in [0.15, 0.2) is 0 Å². The van der Waals surface area contributed by atoms with Gasteiger partial charge in [-0.2, -0.15) is 0 Å². The van der Waals surface area contributed by atoms with Crippen molar-refractivity contribution >= 4 is 18.0 Å². The predicted molar refractivity (Wildman–Crippen MR) is 128 cm³/mol. The Balaban J connectivity index is 1.18. The first-order valence-corrected chi connectivity index (χ1v) is 11.7. The summed E-state index contributed by atoms with van der Waals surface area (Å²) < 4.78 is 5.54. The van der Waals surface area contributed by atoms with E-state index in [0.717, 1.165) is 12.8 Å². The van der Waals surface area contributed by atoms with Crippen molar-refractivity contribution < 1.29 is 24.2 Å². The number of carbonyl (C=O) groups is 3. The molecule has 4 rings (SSSR count). The van der Waals surface area contributed by atoms with Crippen molar-refractivity contribution in [3.05, 3.63) is 59.7 Å². The lowest BCUT2D eigenvalue weighted by Gasteiger charge is -2.36. The average molecular weight is 466 g/mol. The number of alkyl carbamates (subject to hydrolysis) is 1. The summed E-state index contributed by atoms with van der Waals surface area (Å²) in [4.78, 5) is 37.4. The van der Waals surface area contributed by atoms with E-state index in [0.29, 0.717) is 19.5 Å². The van der Waals surface area contributed by atoms with E-state index in [9.17, 15) is 14.4 Å². The Morgan fingerprint density at radius 3 is 2.35 bits per heavy atom. The average Bonchev–Trinajstić information content (AvgIpc) is 3.12. The van der Waals surface area contributed by atoms with Crippen molar-refractivity contribution in [3.63, 3.8) is 0 Å². The Morgan fingerprint density at radius 2 is 1.74 bits per heavy atom. The van der Waals surface area contributed by atoms with E-state index >= 15 is 0 Å². The molecule has 0 spiro atoms. The Hall–Kier alpha value is -3.39. The van der Waals surface area contributed by atoms with Crippen molar-refractivity contribution in [2.45, 2.75) is 43.7 Å². The third kappa shape index (κ3) is 5.39. The van der Waals surface area contributed by atoms with Gasteiger partial charge < -0.3 is 20.5 Å². The molecule has 1 aliphatic carbocycles. The summed E-state index contributed by atoms with van der Waals surface area (Å²) in [7, 11) is 1.84. The zero-order valence-electron chi connectivity index (χ0n) is 19.3. The second-order valence-electron chi connectivity index (χ2n) is 9.01. The molecule has 8 nitrogen and oxygen atoms in total. The molecule has 2 aliphatic rings. The molecule has 3 N–H and O–H groups in total. The number of fused-ring (bicyclic) bond motifs is 3. The van der Waals surface area contributed by atoms with E-state index in [1.54, 1.807) is 0 Å². The van der Waals surface area contributed by atoms with Crippen LogP contribution in [0.25, 0.3) is 11.1 Å². The zero-order chi connectivity index (χ0) is 24.1. The number of ether oxygens (including phenoxy) is 1. The van der Waals surface area contributed by atoms with Crippen molar-refractivity contribution in [2.24, 2.45) is 0 Å². The first kappa shape index (κ1) is 23.8. The molecule has 2 aromatic carbocycles. The summed E-state index contributed by atoms with van der Waals surface area (Å²) in [6.07, 6.45) is 1.61. The SMILES string of the molecule is CN1C[C@H](CC(=O)O)NC(=O)[C@@H]1CCCCNC(=O)OCC1c2ccccc2-c2ccccc21. The van der Waals surface area contributed by atoms with Crippen LogP contribution in [0.15, 0.2) is 48.5 Å². The van der Waals surface area contributed by atoms with Crippen LogP contribution in [-0.2, 0) is 14.3 Å². The maximum atomic E-state index is 12.3. The molecule has 34 heavy (non-hydrogen) atoms. The van der Waals surface area contributed by atoms with Gasteiger partial charge in [0.25, 0.3) is 0 Å². The normalized spacial score (nSPS) is 19.7. The number of amides is 2. The lowest BCUT2D eigenvalue weighted by atomic mass is 9.98. The van der Waals surface area contributed by atoms with Gasteiger partial charge in [0, 0.05) is 19.0 Å². The summed E-state index contributed by atoms with van der Waals surface area (Å²) >= 11 is 0. The van der Waals surface area contributed by atoms with Crippen molar-refractivity contribution in [1.82, 2.24) is 15.5 Å². The molecule has 1 saturated heterocycles. The highest BCUT2D eigenvalue weighted by molar-refractivity contribution is 5.83. The molecular weight excluding hydrogens is 434 g/mol. The third-order valence-electron chi connectivity index (χ3n) is 6.63. The van der Waals surface area contributed by atoms with Gasteiger partial charge in [0.05, 0.1) is 18.5 Å². The summed E-state index contributed by atoms with van der Waals surface area (Å²) in [5.41, 5.74) is 4.74. The molecule has 8 heteroatoms. The standard InChI is InChI=1S/C26H31N3O5/c1-29-15-17(14-24(30)31)28-25(32)23(29)12-6-7-13-27-26(33)34-16-22-20-10-4-2-8-18(20)19-9-3-5-11-21(19)22/h2-5,8-11,17,22-23H,6-7,12-16H2,1H3,(H,27,33)(H,28,32)(H,30,31)/t17-,23-/m0/s1. The topological polar surface area (TPSA) is 108 Å². The second kappa shape index (κ2) is 10.7. The smallest absolute Gasteiger partial charge is 0.407 e. The zero-order valence-corrected chi connectivity index (χ0v) is 19.3. The van der Waals surface area contributed by atoms with Crippen LogP contribution in [0.1, 0.15) is 42.7 Å². The number of likely N-dealkylation sites (N-methyl/N-ethyl adjacent to an activating group) is 1. The Morgan fingerprint density at radius 1 is 1.09 bits per heavy atom. The van der Waals surface area contributed by atoms with Gasteiger partial charge >= 0.3 is 12.1 Å². The number of carbonyl (C=O) groups excluding carboxylic acids is 2. The summed E-state index contributed by atoms with van der Waals surface area (Å²) in [6, 6.07) is 15.8. The van der Waals surface area contributed by atoms with Crippen LogP contribution in [0.2, 0.25) is 0 Å². The molecular formula is C26H31N3O5. The number of aliphatic carboxylic acids is 1. The summed E-state index contributed by atoms with van der Waals surface area (Å²) in [6.45, 7) is 1.27. The quantitative estimate of drug-likeness (QED) is 0.492. The number of carboxylic acid groups (broad SMARTS) is 1. The van der Waals surface area contributed by atoms with Gasteiger partial charge in [-0.05, 0) is 48.6 Å². The number of unbranched alkanes of at least 4 members (excludes halogenated alkanes) is 1. The highest BCUT2D eigenvalue weighted by Crippen LogP contribution is 2.44. The molecule has 1 fully saturated rings. The largest absolute Gasteiger partial charge is 0.481 e. The lowest BCUT2D eigenvalue weighted by molar-refractivity contribution is -0.139. The number of nitrogens with zero attached hydrogens (tertiary/aromatic N) is 1. The van der Waals surface area contributed by atoms with Gasteiger partial charge in [-0.25, -0.2) is 4.79 Å². The molecule has 2 atom stereocenters. The second-order valence-corrected chi connectivity index (χ2v) is 9.01. The van der Waals surface area contributed by atoms with E-state index < -0.39 is 12.1 Å². The minimum atomic E-state index is -0.920. The van der Waals surface area contributed by atoms with Crippen LogP contribution in [-0.4, -0.2) is 66.8 Å². The molecule has 0 radical (unpaired) electrons. The number of piperazine rings is 1. The highest BCUT2D eigenvalue weighted by atomic mass is 16.5. The van der Waals surface area contributed by atoms with Gasteiger partial charge in [0.1, 0.15) is 6.61 Å². The van der Waals surface area contributed by atoms with E-state index in [-0.39, 0.29) is 36.9 Å². The highest BCUT2D eigenvalue weighted by Gasteiger charge is 2.32. The van der Waals surface area contributed by atoms with E-state index in [1.807, 2.05) is 36.2 Å². The Labute approximate surface area is 199 Å². The van der Waals surface area contributed by atoms with Crippen LogP contribution >= 0.6 is 0 Å². The fourth-order valence-corrected chi connectivity index (χ4v) is 5.00. The summed E-state index contributed by atoms with van der Waals surface area (Å²) in [5.74, 6) is -1.02. The number of rotatable bonds is 9. The molecule has 1 aliphatic heterocycles. The molecule has 0 bridgehead atoms. The Kier molecular flexibility index (Phi) is 7.47. The molecule has 180 valence electrons. The van der Waals surface area contributed by atoms with Crippen molar-refractivity contribution in [1.29, 1.82) is 0 Å². The number of carboxylic acids is 1. The lowest BCUT2D eigenvalue weighted by Crippen LogP contribution is -2.59. The molecule has 0 saturated carbocycles. The maximum Gasteiger partial charge on any atom is 0.407 e. The van der Waals surface area contributed by atoms with Gasteiger partial charge in [-0.1, -0.05) is 48.5 Å². The minimum absolute atomic E-state index is 0.0310. The fourth-order valence-electron chi connectivity index (χ4n) is 5.00. The first-order valence-electron chi connectivity index (χ1n) is 11.7. The predicted octanol–water partition coefficient (Wildman–Crippen LogP) is 2.97. The Bertz CT molecular complexity index is 1010. The molecule has 2 amide bonds. The number of hydrogen-bond acceptors (Lipinski definition) is 5. The van der Waals surface area contributed by atoms with Gasteiger partial charge in [-0.15, -0.1) is 0 Å². The van der Waals surface area contributed by atoms with Crippen molar-refractivity contribution in [3.8, 4) is 11.1 Å². The summed E-state index contributed by atoms with van der Waals surface area (Å²) in [5, 5.41) is 14.5. The van der Waals surface area contributed by atoms with E-state index in [4.69, 9.17) is 9.84 Å². The monoisotopic (exact) mass is 465 g/mol. The molecule has 2 aromatic rings. The van der Waals surface area contributed by atoms with Crippen LogP contribution < -0.4 is 10.6 Å². The van der Waals surface area contributed by atoms with Gasteiger partial charge in [0.2, 0.25) is 5.91 Å². The first-order chi connectivity index (χ1) is 16.4. The fraction of sp³-hybridized carbons (Fsp3) is 0.423. The van der Waals surface area contributed by atoms with Gasteiger partial charge in [-0.3, -0.25) is 14.5 Å². The number of benzene rings is 2. The maximum absolute atomic E-state index is 12.3. The van der Waals surface area contributed by atoms with Crippen LogP contribution in [0, 0.1) is 0 Å². The van der Waals surface area contributed by atoms with E-state index in [1.165, 1.54) is 22.3 Å². The van der Waals surface area contributed by atoms with Crippen LogP contribution in [0.5, 0.6) is 0 Å². The number of nitrogens with one attached hydrogen (secondary N) is 2. The van der Waals surface area contributed by atoms with Crippen LogP contribution in [0.4, 0.5) is 4.79 Å². The molecule has 0 unspecified atom stereocenters. The molecule has 1 heterocycles. The third-order valence-corrected chi connectivity index (χ3v) is 6.63. The molecule has 0 aromatic heterocycles. The van der Waals surface area contributed by atoms with E-state index in [2.05, 4.69) is 34.9 Å². The minimum Gasteiger partial charge on any atom is -0.481 e.